The summed E-state index contributed by atoms with van der Waals surface area (Å²) in [6, 6.07) is 1.77. The van der Waals surface area contributed by atoms with Gasteiger partial charge in [-0.1, -0.05) is 6.92 Å². The van der Waals surface area contributed by atoms with Crippen molar-refractivity contribution < 1.29 is 4.79 Å². The number of aryl methyl sites for hydroxylation is 2. The third-order valence-corrected chi connectivity index (χ3v) is 4.35. The van der Waals surface area contributed by atoms with Crippen LogP contribution < -0.4 is 0 Å². The van der Waals surface area contributed by atoms with Crippen LogP contribution in [0.1, 0.15) is 41.5 Å². The highest BCUT2D eigenvalue weighted by molar-refractivity contribution is 5.92. The maximum Gasteiger partial charge on any atom is 0.274 e. The van der Waals surface area contributed by atoms with E-state index in [-0.39, 0.29) is 11.3 Å². The average molecular weight is 287 g/mol. The molecule has 21 heavy (non-hydrogen) atoms. The van der Waals surface area contributed by atoms with Crippen molar-refractivity contribution in [1.29, 1.82) is 0 Å². The van der Waals surface area contributed by atoms with Gasteiger partial charge in [-0.25, -0.2) is 0 Å². The highest BCUT2D eigenvalue weighted by Crippen LogP contribution is 2.34. The fraction of sp³-hybridized carbons (Fsp3) is 0.533. The third-order valence-electron chi connectivity index (χ3n) is 4.35. The lowest BCUT2D eigenvalue weighted by atomic mass is 9.77. The topological polar surface area (TPSA) is 66.8 Å². The van der Waals surface area contributed by atoms with Crippen LogP contribution in [0.2, 0.25) is 0 Å². The van der Waals surface area contributed by atoms with Crippen LogP contribution in [0, 0.1) is 6.92 Å². The van der Waals surface area contributed by atoms with Gasteiger partial charge in [0.2, 0.25) is 0 Å². The molecule has 0 aliphatic carbocycles. The molecule has 1 unspecified atom stereocenters. The maximum absolute atomic E-state index is 12.6. The van der Waals surface area contributed by atoms with Gasteiger partial charge in [0, 0.05) is 37.4 Å². The number of nitrogens with one attached hydrogen (secondary N) is 1. The number of amides is 1. The van der Waals surface area contributed by atoms with Crippen molar-refractivity contribution in [3.8, 4) is 0 Å². The van der Waals surface area contributed by atoms with Gasteiger partial charge in [-0.3, -0.25) is 14.6 Å². The lowest BCUT2D eigenvalue weighted by Gasteiger charge is -2.40. The van der Waals surface area contributed by atoms with Crippen LogP contribution >= 0.6 is 0 Å². The molecule has 6 nitrogen and oxygen atoms in total. The number of hydrogen-bond acceptors (Lipinski definition) is 3. The lowest BCUT2D eigenvalue weighted by Crippen LogP contribution is -2.47. The smallest absolute Gasteiger partial charge is 0.274 e. The molecule has 1 fully saturated rings. The first kappa shape index (κ1) is 13.9. The molecule has 1 amide bonds. The first-order chi connectivity index (χ1) is 9.99. The van der Waals surface area contributed by atoms with Gasteiger partial charge < -0.3 is 4.90 Å². The van der Waals surface area contributed by atoms with E-state index in [9.17, 15) is 4.79 Å². The number of H-pyrrole nitrogens is 1. The van der Waals surface area contributed by atoms with E-state index < -0.39 is 0 Å². The number of piperidine rings is 1. The molecule has 2 aromatic heterocycles. The summed E-state index contributed by atoms with van der Waals surface area (Å²) in [6.45, 7) is 5.75. The van der Waals surface area contributed by atoms with Crippen LogP contribution in [0.5, 0.6) is 0 Å². The SMILES string of the molecule is Cc1cn[nH]c1C1(C)CCCN(C(=O)c2ccn(C)n2)C1. The molecule has 0 bridgehead atoms. The molecule has 0 spiro atoms. The normalized spacial score (nSPS) is 22.5. The Labute approximate surface area is 124 Å². The van der Waals surface area contributed by atoms with Crippen LogP contribution in [0.25, 0.3) is 0 Å². The number of likely N-dealkylation sites (tertiary alicyclic amines) is 1. The van der Waals surface area contributed by atoms with E-state index in [1.54, 1.807) is 16.9 Å². The predicted octanol–water partition coefficient (Wildman–Crippen LogP) is 1.65. The molecule has 1 aliphatic heterocycles. The van der Waals surface area contributed by atoms with E-state index in [0.717, 1.165) is 30.6 Å². The number of rotatable bonds is 2. The van der Waals surface area contributed by atoms with Crippen molar-refractivity contribution in [2.75, 3.05) is 13.1 Å². The Morgan fingerprint density at radius 2 is 2.29 bits per heavy atom. The zero-order valence-electron chi connectivity index (χ0n) is 12.8. The maximum atomic E-state index is 12.6. The van der Waals surface area contributed by atoms with Gasteiger partial charge in [0.1, 0.15) is 5.69 Å². The van der Waals surface area contributed by atoms with Gasteiger partial charge in [0.15, 0.2) is 0 Å². The second-order valence-corrected chi connectivity index (χ2v) is 6.19. The van der Waals surface area contributed by atoms with Gasteiger partial charge in [0.25, 0.3) is 5.91 Å². The number of aromatic amines is 1. The summed E-state index contributed by atoms with van der Waals surface area (Å²) in [7, 11) is 1.82. The summed E-state index contributed by atoms with van der Waals surface area (Å²) >= 11 is 0. The standard InChI is InChI=1S/C15H21N5O/c1-11-9-16-17-13(11)15(2)6-4-7-20(10-15)14(21)12-5-8-19(3)18-12/h5,8-9H,4,6-7,10H2,1-3H3,(H,16,17). The minimum Gasteiger partial charge on any atom is -0.336 e. The summed E-state index contributed by atoms with van der Waals surface area (Å²) in [5.74, 6) is 0.0127. The van der Waals surface area contributed by atoms with E-state index in [1.165, 1.54) is 0 Å². The zero-order chi connectivity index (χ0) is 15.0. The zero-order valence-corrected chi connectivity index (χ0v) is 12.8. The van der Waals surface area contributed by atoms with E-state index >= 15 is 0 Å². The summed E-state index contributed by atoms with van der Waals surface area (Å²) in [6.07, 6.45) is 5.70. The average Bonchev–Trinajstić information content (AvgIpc) is 3.07. The summed E-state index contributed by atoms with van der Waals surface area (Å²) < 4.78 is 1.66. The Bertz CT molecular complexity index is 659. The van der Waals surface area contributed by atoms with Crippen molar-refractivity contribution in [3.63, 3.8) is 0 Å². The molecule has 0 aromatic carbocycles. The van der Waals surface area contributed by atoms with Gasteiger partial charge in [-0.15, -0.1) is 0 Å². The Morgan fingerprint density at radius 1 is 1.48 bits per heavy atom. The molecule has 2 aromatic rings. The molecule has 1 atom stereocenters. The van der Waals surface area contributed by atoms with Crippen molar-refractivity contribution in [1.82, 2.24) is 24.9 Å². The highest BCUT2D eigenvalue weighted by atomic mass is 16.2. The number of carbonyl (C=O) groups excluding carboxylic acids is 1. The molecule has 6 heteroatoms. The molecule has 1 N–H and O–H groups in total. The summed E-state index contributed by atoms with van der Waals surface area (Å²) in [4.78, 5) is 14.5. The van der Waals surface area contributed by atoms with Crippen LogP contribution in [0.4, 0.5) is 0 Å². The van der Waals surface area contributed by atoms with Gasteiger partial charge in [0.05, 0.1) is 6.20 Å². The minimum absolute atomic E-state index is 0.0127. The minimum atomic E-state index is -0.0662. The van der Waals surface area contributed by atoms with Gasteiger partial charge >= 0.3 is 0 Å². The molecule has 1 saturated heterocycles. The second-order valence-electron chi connectivity index (χ2n) is 6.19. The quantitative estimate of drug-likeness (QED) is 0.913. The first-order valence-corrected chi connectivity index (χ1v) is 7.29. The number of nitrogens with zero attached hydrogens (tertiary/aromatic N) is 4. The van der Waals surface area contributed by atoms with Crippen LogP contribution in [0.3, 0.4) is 0 Å². The Balaban J connectivity index is 1.83. The molecule has 0 radical (unpaired) electrons. The Hall–Kier alpha value is -2.11. The molecular weight excluding hydrogens is 266 g/mol. The first-order valence-electron chi connectivity index (χ1n) is 7.29. The summed E-state index contributed by atoms with van der Waals surface area (Å²) in [5, 5.41) is 11.5. The molecule has 3 heterocycles. The Kier molecular flexibility index (Phi) is 3.31. The lowest BCUT2D eigenvalue weighted by molar-refractivity contribution is 0.0640. The Morgan fingerprint density at radius 3 is 2.90 bits per heavy atom. The predicted molar refractivity (Wildman–Crippen MR) is 79.0 cm³/mol. The number of aromatic nitrogens is 4. The molecular formula is C15H21N5O. The van der Waals surface area contributed by atoms with Gasteiger partial charge in [-0.05, 0) is 31.4 Å². The van der Waals surface area contributed by atoms with E-state index in [4.69, 9.17) is 0 Å². The van der Waals surface area contributed by atoms with Crippen LogP contribution in [-0.2, 0) is 12.5 Å². The molecule has 0 saturated carbocycles. The fourth-order valence-corrected chi connectivity index (χ4v) is 3.27. The number of hydrogen-bond donors (Lipinski definition) is 1. The van der Waals surface area contributed by atoms with Crippen LogP contribution in [0.15, 0.2) is 18.5 Å². The van der Waals surface area contributed by atoms with E-state index in [1.807, 2.05) is 18.1 Å². The van der Waals surface area contributed by atoms with Crippen LogP contribution in [-0.4, -0.2) is 43.9 Å². The summed E-state index contributed by atoms with van der Waals surface area (Å²) in [5.41, 5.74) is 2.75. The highest BCUT2D eigenvalue weighted by Gasteiger charge is 2.37. The van der Waals surface area contributed by atoms with Gasteiger partial charge in [-0.2, -0.15) is 10.2 Å². The van der Waals surface area contributed by atoms with E-state index in [0.29, 0.717) is 12.2 Å². The fourth-order valence-electron chi connectivity index (χ4n) is 3.27. The van der Waals surface area contributed by atoms with Crippen molar-refractivity contribution in [2.24, 2.45) is 7.05 Å². The molecule has 3 rings (SSSR count). The molecule has 1 aliphatic rings. The molecule has 112 valence electrons. The second kappa shape index (κ2) is 5.02. The monoisotopic (exact) mass is 287 g/mol. The number of carbonyl (C=O) groups is 1. The van der Waals surface area contributed by atoms with E-state index in [2.05, 4.69) is 29.1 Å². The third kappa shape index (κ3) is 2.46. The van der Waals surface area contributed by atoms with Crippen molar-refractivity contribution in [2.45, 2.75) is 32.1 Å². The largest absolute Gasteiger partial charge is 0.336 e. The van der Waals surface area contributed by atoms with Crippen molar-refractivity contribution in [3.05, 3.63) is 35.4 Å². The van der Waals surface area contributed by atoms with Crippen molar-refractivity contribution >= 4 is 5.91 Å².